The van der Waals surface area contributed by atoms with E-state index < -0.39 is 0 Å². The van der Waals surface area contributed by atoms with Crippen LogP contribution in [0.4, 0.5) is 5.69 Å². The van der Waals surface area contributed by atoms with Gasteiger partial charge >= 0.3 is 0 Å². The smallest absolute Gasteiger partial charge is 0.229 e. The number of hydrogen-bond acceptors (Lipinski definition) is 4. The van der Waals surface area contributed by atoms with Gasteiger partial charge in [0.25, 0.3) is 0 Å². The molecule has 0 fully saturated rings. The van der Waals surface area contributed by atoms with E-state index in [-0.39, 0.29) is 0 Å². The average molecular weight is 275 g/mol. The van der Waals surface area contributed by atoms with E-state index in [0.29, 0.717) is 33.4 Å². The quantitative estimate of drug-likeness (QED) is 0.723. The highest BCUT2D eigenvalue weighted by molar-refractivity contribution is 6.31. The summed E-state index contributed by atoms with van der Waals surface area (Å²) < 4.78 is 10.8. The van der Waals surface area contributed by atoms with E-state index in [4.69, 9.17) is 26.5 Å². The van der Waals surface area contributed by atoms with Crippen LogP contribution in [0, 0.1) is 0 Å². The van der Waals surface area contributed by atoms with E-state index in [9.17, 15) is 0 Å². The molecule has 0 aliphatic rings. The Morgan fingerprint density at radius 3 is 2.79 bits per heavy atom. The number of halogens is 1. The molecule has 0 bridgehead atoms. The standard InChI is InChI=1S/C14H11ClN2O2/c1-18-9-3-4-10(11(16)7-9)14-17-12-6-8(15)2-5-13(12)19-14/h2-7H,16H2,1H3. The number of nitrogen functional groups attached to an aromatic ring is 1. The number of rotatable bonds is 2. The Bertz CT molecular complexity index is 752. The number of nitrogens with zero attached hydrogens (tertiary/aromatic N) is 1. The number of anilines is 1. The maximum atomic E-state index is 5.97. The van der Waals surface area contributed by atoms with Crippen molar-refractivity contribution >= 4 is 28.4 Å². The number of aromatic nitrogens is 1. The van der Waals surface area contributed by atoms with Crippen molar-refractivity contribution in [2.24, 2.45) is 0 Å². The predicted molar refractivity (Wildman–Crippen MR) is 75.4 cm³/mol. The topological polar surface area (TPSA) is 61.3 Å². The summed E-state index contributed by atoms with van der Waals surface area (Å²) in [6, 6.07) is 10.7. The molecule has 0 radical (unpaired) electrons. The molecule has 1 aromatic heterocycles. The molecule has 2 aromatic carbocycles. The summed E-state index contributed by atoms with van der Waals surface area (Å²) in [5.41, 5.74) is 8.64. The van der Waals surface area contributed by atoms with Crippen LogP contribution in [0.2, 0.25) is 5.02 Å². The molecular formula is C14H11ClN2O2. The number of oxazole rings is 1. The zero-order valence-corrected chi connectivity index (χ0v) is 10.9. The van der Waals surface area contributed by atoms with Crippen molar-refractivity contribution in [3.63, 3.8) is 0 Å². The Morgan fingerprint density at radius 2 is 2.05 bits per heavy atom. The van der Waals surface area contributed by atoms with Gasteiger partial charge in [-0.05, 0) is 30.3 Å². The van der Waals surface area contributed by atoms with E-state index in [1.54, 1.807) is 31.4 Å². The van der Waals surface area contributed by atoms with E-state index >= 15 is 0 Å². The first kappa shape index (κ1) is 11.9. The lowest BCUT2D eigenvalue weighted by atomic mass is 10.1. The molecule has 0 saturated heterocycles. The molecule has 0 spiro atoms. The van der Waals surface area contributed by atoms with E-state index in [1.165, 1.54) is 0 Å². The molecule has 1 heterocycles. The molecule has 0 atom stereocenters. The monoisotopic (exact) mass is 274 g/mol. The molecule has 19 heavy (non-hydrogen) atoms. The molecule has 0 aliphatic heterocycles. The van der Waals surface area contributed by atoms with Gasteiger partial charge in [0.1, 0.15) is 11.3 Å². The van der Waals surface area contributed by atoms with Gasteiger partial charge in [-0.1, -0.05) is 11.6 Å². The highest BCUT2D eigenvalue weighted by Gasteiger charge is 2.12. The van der Waals surface area contributed by atoms with E-state index in [2.05, 4.69) is 4.98 Å². The molecule has 2 N–H and O–H groups in total. The van der Waals surface area contributed by atoms with Crippen LogP contribution in [0.15, 0.2) is 40.8 Å². The van der Waals surface area contributed by atoms with Crippen LogP contribution in [-0.4, -0.2) is 12.1 Å². The summed E-state index contributed by atoms with van der Waals surface area (Å²) in [6.45, 7) is 0. The normalized spacial score (nSPS) is 10.8. The van der Waals surface area contributed by atoms with Crippen LogP contribution >= 0.6 is 11.6 Å². The van der Waals surface area contributed by atoms with Crippen LogP contribution in [0.1, 0.15) is 0 Å². The molecule has 0 saturated carbocycles. The third-order valence-electron chi connectivity index (χ3n) is 2.84. The minimum absolute atomic E-state index is 0.470. The molecule has 5 heteroatoms. The lowest BCUT2D eigenvalue weighted by molar-refractivity contribution is 0.415. The Labute approximate surface area is 114 Å². The highest BCUT2D eigenvalue weighted by Crippen LogP contribution is 2.31. The molecular weight excluding hydrogens is 264 g/mol. The predicted octanol–water partition coefficient (Wildman–Crippen LogP) is 3.74. The van der Waals surface area contributed by atoms with Crippen molar-refractivity contribution in [2.75, 3.05) is 12.8 Å². The van der Waals surface area contributed by atoms with Gasteiger partial charge < -0.3 is 14.9 Å². The first-order valence-corrected chi connectivity index (χ1v) is 6.05. The summed E-state index contributed by atoms with van der Waals surface area (Å²) in [7, 11) is 1.59. The fourth-order valence-electron chi connectivity index (χ4n) is 1.88. The fourth-order valence-corrected chi connectivity index (χ4v) is 2.04. The van der Waals surface area contributed by atoms with Crippen LogP contribution in [-0.2, 0) is 0 Å². The lowest BCUT2D eigenvalue weighted by Gasteiger charge is -2.04. The van der Waals surface area contributed by atoms with Gasteiger partial charge in [0.05, 0.1) is 12.7 Å². The van der Waals surface area contributed by atoms with Gasteiger partial charge in [-0.15, -0.1) is 0 Å². The number of methoxy groups -OCH3 is 1. The second-order valence-electron chi connectivity index (χ2n) is 4.08. The Balaban J connectivity index is 2.13. The van der Waals surface area contributed by atoms with E-state index in [1.807, 2.05) is 12.1 Å². The number of ether oxygens (including phenoxy) is 1. The van der Waals surface area contributed by atoms with Crippen molar-refractivity contribution in [3.8, 4) is 17.2 Å². The summed E-state index contributed by atoms with van der Waals surface area (Å²) in [6.07, 6.45) is 0. The zero-order chi connectivity index (χ0) is 13.4. The van der Waals surface area contributed by atoms with Crippen molar-refractivity contribution in [1.29, 1.82) is 0 Å². The molecule has 96 valence electrons. The number of benzene rings is 2. The van der Waals surface area contributed by atoms with Crippen LogP contribution in [0.25, 0.3) is 22.6 Å². The van der Waals surface area contributed by atoms with Gasteiger partial charge in [-0.2, -0.15) is 0 Å². The maximum absolute atomic E-state index is 5.97. The summed E-state index contributed by atoms with van der Waals surface area (Å²) >= 11 is 5.92. The molecule has 0 aliphatic carbocycles. The van der Waals surface area contributed by atoms with Crippen LogP contribution in [0.3, 0.4) is 0 Å². The fraction of sp³-hybridized carbons (Fsp3) is 0.0714. The van der Waals surface area contributed by atoms with Gasteiger partial charge in [-0.25, -0.2) is 4.98 Å². The summed E-state index contributed by atoms with van der Waals surface area (Å²) in [5, 5.41) is 0.620. The first-order chi connectivity index (χ1) is 9.17. The largest absolute Gasteiger partial charge is 0.497 e. The SMILES string of the molecule is COc1ccc(-c2nc3cc(Cl)ccc3o2)c(N)c1. The van der Waals surface area contributed by atoms with Crippen molar-refractivity contribution in [2.45, 2.75) is 0 Å². The van der Waals surface area contributed by atoms with Crippen molar-refractivity contribution < 1.29 is 9.15 Å². The lowest BCUT2D eigenvalue weighted by Crippen LogP contribution is -1.92. The van der Waals surface area contributed by atoms with Crippen LogP contribution in [0.5, 0.6) is 5.75 Å². The Morgan fingerprint density at radius 1 is 1.21 bits per heavy atom. The summed E-state index contributed by atoms with van der Waals surface area (Å²) in [5.74, 6) is 1.16. The van der Waals surface area contributed by atoms with Crippen molar-refractivity contribution in [1.82, 2.24) is 4.98 Å². The minimum Gasteiger partial charge on any atom is -0.497 e. The Hall–Kier alpha value is -2.20. The average Bonchev–Trinajstić information content (AvgIpc) is 2.81. The zero-order valence-electron chi connectivity index (χ0n) is 10.2. The van der Waals surface area contributed by atoms with Crippen LogP contribution < -0.4 is 10.5 Å². The molecule has 0 amide bonds. The maximum Gasteiger partial charge on any atom is 0.229 e. The molecule has 0 unspecified atom stereocenters. The second-order valence-corrected chi connectivity index (χ2v) is 4.52. The van der Waals surface area contributed by atoms with Crippen molar-refractivity contribution in [3.05, 3.63) is 41.4 Å². The number of nitrogens with two attached hydrogens (primary N) is 1. The van der Waals surface area contributed by atoms with Gasteiger partial charge in [0, 0.05) is 16.8 Å². The number of fused-ring (bicyclic) bond motifs is 1. The molecule has 3 rings (SSSR count). The highest BCUT2D eigenvalue weighted by atomic mass is 35.5. The Kier molecular flexibility index (Phi) is 2.80. The molecule has 3 aromatic rings. The third kappa shape index (κ3) is 2.11. The summed E-state index contributed by atoms with van der Waals surface area (Å²) in [4.78, 5) is 4.39. The van der Waals surface area contributed by atoms with E-state index in [0.717, 1.165) is 5.56 Å². The third-order valence-corrected chi connectivity index (χ3v) is 3.07. The van der Waals surface area contributed by atoms with Gasteiger partial charge in [0.15, 0.2) is 5.58 Å². The second kappa shape index (κ2) is 4.48. The molecule has 4 nitrogen and oxygen atoms in total. The number of hydrogen-bond donors (Lipinski definition) is 1. The van der Waals surface area contributed by atoms with Gasteiger partial charge in [-0.3, -0.25) is 0 Å². The first-order valence-electron chi connectivity index (χ1n) is 5.67. The minimum atomic E-state index is 0.470. The van der Waals surface area contributed by atoms with Gasteiger partial charge in [0.2, 0.25) is 5.89 Å².